The Morgan fingerprint density at radius 3 is 2.33 bits per heavy atom. The van der Waals surface area contributed by atoms with Gasteiger partial charge in [-0.05, 0) is 36.1 Å². The number of nitrogens with zero attached hydrogens (tertiary/aromatic N) is 1. The molecule has 1 aromatic carbocycles. The van der Waals surface area contributed by atoms with Crippen LogP contribution in [0, 0.1) is 0 Å². The maximum absolute atomic E-state index is 12.5. The molecule has 0 unspecified atom stereocenters. The predicted molar refractivity (Wildman–Crippen MR) is 95.3 cm³/mol. The van der Waals surface area contributed by atoms with Gasteiger partial charge in [0.1, 0.15) is 11.4 Å². The van der Waals surface area contributed by atoms with Crippen molar-refractivity contribution in [3.05, 3.63) is 59.4 Å². The van der Waals surface area contributed by atoms with Crippen molar-refractivity contribution in [2.75, 3.05) is 11.9 Å². The number of para-hydroxylation sites is 1. The van der Waals surface area contributed by atoms with Crippen molar-refractivity contribution in [1.82, 2.24) is 10.3 Å². The molecule has 1 heterocycles. The molecule has 0 atom stereocenters. The van der Waals surface area contributed by atoms with Gasteiger partial charge in [-0.15, -0.1) is 0 Å². The Labute approximate surface area is 142 Å². The van der Waals surface area contributed by atoms with Crippen LogP contribution in [0.4, 0.5) is 5.69 Å². The summed E-state index contributed by atoms with van der Waals surface area (Å²) in [7, 11) is 0. The summed E-state index contributed by atoms with van der Waals surface area (Å²) in [6, 6.07) is 12.5. The minimum atomic E-state index is -0.326. The highest BCUT2D eigenvalue weighted by Gasteiger charge is 2.14. The quantitative estimate of drug-likeness (QED) is 0.852. The molecule has 0 aliphatic carbocycles. The van der Waals surface area contributed by atoms with Crippen molar-refractivity contribution < 1.29 is 9.59 Å². The highest BCUT2D eigenvalue weighted by atomic mass is 16.2. The Kier molecular flexibility index (Phi) is 6.07. The topological polar surface area (TPSA) is 71.1 Å². The lowest BCUT2D eigenvalue weighted by atomic mass is 10.0. The Balaban J connectivity index is 2.18. The average molecular weight is 325 g/mol. The molecule has 2 aromatic rings. The van der Waals surface area contributed by atoms with Crippen LogP contribution in [0.25, 0.3) is 0 Å². The van der Waals surface area contributed by atoms with Crippen molar-refractivity contribution in [1.29, 1.82) is 0 Å². The molecular formula is C19H23N3O2. The van der Waals surface area contributed by atoms with Gasteiger partial charge in [0, 0.05) is 12.2 Å². The molecule has 0 saturated heterocycles. The van der Waals surface area contributed by atoms with Gasteiger partial charge in [0.25, 0.3) is 11.8 Å². The molecule has 0 spiro atoms. The van der Waals surface area contributed by atoms with Crippen molar-refractivity contribution in [2.45, 2.75) is 33.1 Å². The fourth-order valence-electron chi connectivity index (χ4n) is 2.32. The Morgan fingerprint density at radius 2 is 1.67 bits per heavy atom. The monoisotopic (exact) mass is 325 g/mol. The van der Waals surface area contributed by atoms with E-state index in [-0.39, 0.29) is 23.2 Å². The molecule has 5 heteroatoms. The number of rotatable bonds is 6. The van der Waals surface area contributed by atoms with Crippen LogP contribution in [0.15, 0.2) is 42.5 Å². The van der Waals surface area contributed by atoms with Gasteiger partial charge in [0.15, 0.2) is 0 Å². The van der Waals surface area contributed by atoms with Crippen LogP contribution < -0.4 is 10.6 Å². The minimum absolute atomic E-state index is 0.220. The predicted octanol–water partition coefficient (Wildman–Crippen LogP) is 3.60. The molecular weight excluding hydrogens is 302 g/mol. The standard InChI is InChI=1S/C19H23N3O2/c1-4-12-20-18(23)16-10-7-11-17(21-16)19(24)22-15-9-6-5-8-14(15)13(2)3/h5-11,13H,4,12H2,1-3H3,(H,20,23)(H,22,24). The molecule has 0 radical (unpaired) electrons. The molecule has 1 aromatic heterocycles. The van der Waals surface area contributed by atoms with E-state index in [0.29, 0.717) is 12.5 Å². The second-order valence-electron chi connectivity index (χ2n) is 5.86. The first-order chi connectivity index (χ1) is 11.5. The third-order valence-electron chi connectivity index (χ3n) is 3.58. The number of anilines is 1. The molecule has 0 aliphatic heterocycles. The average Bonchev–Trinajstić information content (AvgIpc) is 2.60. The summed E-state index contributed by atoms with van der Waals surface area (Å²) in [5, 5.41) is 5.64. The lowest BCUT2D eigenvalue weighted by Crippen LogP contribution is -2.26. The number of carbonyl (C=O) groups is 2. The number of hydrogen-bond donors (Lipinski definition) is 2. The molecule has 0 aliphatic rings. The van der Waals surface area contributed by atoms with Crippen LogP contribution in [-0.4, -0.2) is 23.3 Å². The van der Waals surface area contributed by atoms with E-state index in [1.807, 2.05) is 31.2 Å². The number of amides is 2. The van der Waals surface area contributed by atoms with Gasteiger partial charge in [0.2, 0.25) is 0 Å². The van der Waals surface area contributed by atoms with Crippen LogP contribution in [0.2, 0.25) is 0 Å². The number of pyridine rings is 1. The van der Waals surface area contributed by atoms with Gasteiger partial charge < -0.3 is 10.6 Å². The summed E-state index contributed by atoms with van der Waals surface area (Å²) in [5.41, 5.74) is 2.29. The summed E-state index contributed by atoms with van der Waals surface area (Å²) < 4.78 is 0. The second-order valence-corrected chi connectivity index (χ2v) is 5.86. The first-order valence-corrected chi connectivity index (χ1v) is 8.18. The minimum Gasteiger partial charge on any atom is -0.351 e. The first kappa shape index (κ1) is 17.7. The molecule has 0 saturated carbocycles. The molecule has 0 bridgehead atoms. The number of nitrogens with one attached hydrogen (secondary N) is 2. The summed E-state index contributed by atoms with van der Waals surface area (Å²) >= 11 is 0. The van der Waals surface area contributed by atoms with E-state index in [4.69, 9.17) is 0 Å². The summed E-state index contributed by atoms with van der Waals surface area (Å²) in [6.07, 6.45) is 0.845. The number of hydrogen-bond acceptors (Lipinski definition) is 3. The van der Waals surface area contributed by atoms with E-state index in [9.17, 15) is 9.59 Å². The highest BCUT2D eigenvalue weighted by molar-refractivity contribution is 6.04. The van der Waals surface area contributed by atoms with E-state index in [0.717, 1.165) is 17.7 Å². The third kappa shape index (κ3) is 4.41. The summed E-state index contributed by atoms with van der Waals surface area (Å²) in [5.74, 6) is -0.303. The second kappa shape index (κ2) is 8.24. The van der Waals surface area contributed by atoms with Crippen molar-refractivity contribution in [3.63, 3.8) is 0 Å². The zero-order valence-corrected chi connectivity index (χ0v) is 14.3. The number of aromatic nitrogens is 1. The fourth-order valence-corrected chi connectivity index (χ4v) is 2.32. The molecule has 2 amide bonds. The maximum Gasteiger partial charge on any atom is 0.274 e. The van der Waals surface area contributed by atoms with E-state index < -0.39 is 0 Å². The SMILES string of the molecule is CCCNC(=O)c1cccc(C(=O)Nc2ccccc2C(C)C)n1. The number of benzene rings is 1. The Bertz CT molecular complexity index is 726. The first-order valence-electron chi connectivity index (χ1n) is 8.18. The van der Waals surface area contributed by atoms with E-state index in [1.165, 1.54) is 0 Å². The van der Waals surface area contributed by atoms with Gasteiger partial charge in [-0.3, -0.25) is 9.59 Å². The molecule has 126 valence electrons. The van der Waals surface area contributed by atoms with Crippen LogP contribution in [0.5, 0.6) is 0 Å². The fraction of sp³-hybridized carbons (Fsp3) is 0.316. The number of carbonyl (C=O) groups excluding carboxylic acids is 2. The van der Waals surface area contributed by atoms with Crippen LogP contribution in [-0.2, 0) is 0 Å². The summed E-state index contributed by atoms with van der Waals surface area (Å²) in [4.78, 5) is 28.6. The van der Waals surface area contributed by atoms with Crippen molar-refractivity contribution >= 4 is 17.5 Å². The molecule has 24 heavy (non-hydrogen) atoms. The smallest absolute Gasteiger partial charge is 0.274 e. The zero-order chi connectivity index (χ0) is 17.5. The largest absolute Gasteiger partial charge is 0.351 e. The van der Waals surface area contributed by atoms with Gasteiger partial charge in [-0.2, -0.15) is 0 Å². The van der Waals surface area contributed by atoms with E-state index >= 15 is 0 Å². The molecule has 2 rings (SSSR count). The third-order valence-corrected chi connectivity index (χ3v) is 3.58. The van der Waals surface area contributed by atoms with Gasteiger partial charge in [0.05, 0.1) is 0 Å². The lowest BCUT2D eigenvalue weighted by Gasteiger charge is -2.13. The molecule has 2 N–H and O–H groups in total. The molecule has 5 nitrogen and oxygen atoms in total. The Morgan fingerprint density at radius 1 is 1.00 bits per heavy atom. The highest BCUT2D eigenvalue weighted by Crippen LogP contribution is 2.24. The zero-order valence-electron chi connectivity index (χ0n) is 14.3. The van der Waals surface area contributed by atoms with Crippen molar-refractivity contribution in [2.24, 2.45) is 0 Å². The van der Waals surface area contributed by atoms with E-state index in [2.05, 4.69) is 29.5 Å². The normalized spacial score (nSPS) is 10.5. The lowest BCUT2D eigenvalue weighted by molar-refractivity contribution is 0.0948. The Hall–Kier alpha value is -2.69. The molecule has 0 fully saturated rings. The van der Waals surface area contributed by atoms with E-state index in [1.54, 1.807) is 18.2 Å². The van der Waals surface area contributed by atoms with Crippen LogP contribution >= 0.6 is 0 Å². The maximum atomic E-state index is 12.5. The van der Waals surface area contributed by atoms with Crippen LogP contribution in [0.1, 0.15) is 59.7 Å². The van der Waals surface area contributed by atoms with Gasteiger partial charge >= 0.3 is 0 Å². The van der Waals surface area contributed by atoms with Gasteiger partial charge in [-0.25, -0.2) is 4.98 Å². The van der Waals surface area contributed by atoms with Crippen LogP contribution in [0.3, 0.4) is 0 Å². The van der Waals surface area contributed by atoms with Crippen molar-refractivity contribution in [3.8, 4) is 0 Å². The van der Waals surface area contributed by atoms with Gasteiger partial charge in [-0.1, -0.05) is 45.0 Å². The summed E-state index contributed by atoms with van der Waals surface area (Å²) in [6.45, 7) is 6.70.